The minimum Gasteiger partial charge on any atom is -0.356 e. The second-order valence-corrected chi connectivity index (χ2v) is 7.17. The summed E-state index contributed by atoms with van der Waals surface area (Å²) in [5.41, 5.74) is 0. The summed E-state index contributed by atoms with van der Waals surface area (Å²) in [6.45, 7) is 12.7. The van der Waals surface area contributed by atoms with Gasteiger partial charge in [0, 0.05) is 33.2 Å². The maximum atomic E-state index is 4.30. The zero-order valence-corrected chi connectivity index (χ0v) is 18.6. The van der Waals surface area contributed by atoms with Crippen LogP contribution in [0.3, 0.4) is 0 Å². The fourth-order valence-corrected chi connectivity index (χ4v) is 2.94. The number of halogens is 1. The summed E-state index contributed by atoms with van der Waals surface area (Å²) in [6, 6.07) is 0. The largest absolute Gasteiger partial charge is 0.356 e. The lowest BCUT2D eigenvalue weighted by molar-refractivity contribution is 0.274. The normalized spacial score (nSPS) is 17.5. The third-order valence-corrected chi connectivity index (χ3v) is 4.48. The monoisotopic (exact) mass is 453 g/mol. The van der Waals surface area contributed by atoms with E-state index in [4.69, 9.17) is 0 Å². The second-order valence-electron chi connectivity index (χ2n) is 7.17. The number of hydrogen-bond acceptors (Lipinski definition) is 3. The second kappa shape index (κ2) is 15.2. The van der Waals surface area contributed by atoms with Crippen LogP contribution in [0.5, 0.6) is 0 Å². The van der Waals surface area contributed by atoms with Crippen molar-refractivity contribution in [2.24, 2.45) is 10.9 Å². The molecule has 1 aliphatic heterocycles. The van der Waals surface area contributed by atoms with Crippen molar-refractivity contribution in [2.45, 2.75) is 46.0 Å². The summed E-state index contributed by atoms with van der Waals surface area (Å²) in [5.74, 6) is 1.76. The molecule has 0 bridgehead atoms. The molecule has 1 fully saturated rings. The van der Waals surface area contributed by atoms with E-state index in [2.05, 4.69) is 46.3 Å². The van der Waals surface area contributed by atoms with Gasteiger partial charge >= 0.3 is 0 Å². The molecule has 1 heterocycles. The van der Waals surface area contributed by atoms with Crippen molar-refractivity contribution in [1.29, 1.82) is 0 Å². The molecule has 24 heavy (non-hydrogen) atoms. The topological polar surface area (TPSA) is 42.9 Å². The maximum Gasteiger partial charge on any atom is 0.190 e. The molecule has 0 aromatic carbocycles. The Morgan fingerprint density at radius 2 is 1.71 bits per heavy atom. The van der Waals surface area contributed by atoms with Crippen LogP contribution in [0.1, 0.15) is 46.0 Å². The van der Waals surface area contributed by atoms with Crippen molar-refractivity contribution < 1.29 is 0 Å². The quantitative estimate of drug-likeness (QED) is 0.244. The molecule has 0 aromatic heterocycles. The van der Waals surface area contributed by atoms with Crippen LogP contribution in [0.25, 0.3) is 0 Å². The molecule has 0 amide bonds. The number of nitrogens with one attached hydrogen (secondary N) is 2. The molecule has 0 atom stereocenters. The van der Waals surface area contributed by atoms with Crippen LogP contribution in [0.2, 0.25) is 0 Å². The molecule has 0 spiro atoms. The standard InChI is InChI=1S/C18H39N5.HI/c1-17(2)9-5-6-10-20-18(19-3)21-11-7-13-23-14-8-12-22(4)15-16-23;/h17H,5-16H2,1-4H3,(H2,19,20,21);1H. The van der Waals surface area contributed by atoms with Crippen molar-refractivity contribution in [2.75, 3.05) is 59.9 Å². The number of likely N-dealkylation sites (N-methyl/N-ethyl adjacent to an activating group) is 1. The summed E-state index contributed by atoms with van der Waals surface area (Å²) in [7, 11) is 4.08. The van der Waals surface area contributed by atoms with Crippen LogP contribution in [0.4, 0.5) is 0 Å². The van der Waals surface area contributed by atoms with E-state index in [9.17, 15) is 0 Å². The number of guanidine groups is 1. The SMILES string of the molecule is CN=C(NCCCCC(C)C)NCCCN1CCCN(C)CC1.I. The van der Waals surface area contributed by atoms with Gasteiger partial charge in [0.1, 0.15) is 0 Å². The average molecular weight is 453 g/mol. The highest BCUT2D eigenvalue weighted by Gasteiger charge is 2.11. The first kappa shape index (κ1) is 23.9. The molecule has 1 saturated heterocycles. The van der Waals surface area contributed by atoms with E-state index in [1.54, 1.807) is 0 Å². The zero-order valence-electron chi connectivity index (χ0n) is 16.3. The highest BCUT2D eigenvalue weighted by atomic mass is 127. The van der Waals surface area contributed by atoms with Gasteiger partial charge in [-0.05, 0) is 51.9 Å². The van der Waals surface area contributed by atoms with Gasteiger partial charge in [0.05, 0.1) is 0 Å². The van der Waals surface area contributed by atoms with Crippen molar-refractivity contribution in [3.8, 4) is 0 Å². The van der Waals surface area contributed by atoms with Crippen LogP contribution in [0, 0.1) is 5.92 Å². The molecule has 0 aliphatic carbocycles. The van der Waals surface area contributed by atoms with E-state index in [-0.39, 0.29) is 24.0 Å². The Kier molecular flexibility index (Phi) is 15.1. The summed E-state index contributed by atoms with van der Waals surface area (Å²) in [6.07, 6.45) is 6.31. The molecule has 144 valence electrons. The predicted molar refractivity (Wildman–Crippen MR) is 117 cm³/mol. The minimum absolute atomic E-state index is 0. The van der Waals surface area contributed by atoms with Crippen LogP contribution in [-0.4, -0.2) is 75.7 Å². The first-order chi connectivity index (χ1) is 11.1. The summed E-state index contributed by atoms with van der Waals surface area (Å²) in [4.78, 5) is 9.33. The van der Waals surface area contributed by atoms with E-state index in [0.29, 0.717) is 0 Å². The fraction of sp³-hybridized carbons (Fsp3) is 0.944. The Morgan fingerprint density at radius 1 is 1.00 bits per heavy atom. The Labute approximate surface area is 167 Å². The number of nitrogens with zero attached hydrogens (tertiary/aromatic N) is 3. The Bertz CT molecular complexity index is 323. The van der Waals surface area contributed by atoms with Gasteiger partial charge in [0.25, 0.3) is 0 Å². The fourth-order valence-electron chi connectivity index (χ4n) is 2.94. The molecule has 0 unspecified atom stereocenters. The number of rotatable bonds is 9. The van der Waals surface area contributed by atoms with E-state index in [1.807, 2.05) is 7.05 Å². The lowest BCUT2D eigenvalue weighted by atomic mass is 10.1. The highest BCUT2D eigenvalue weighted by molar-refractivity contribution is 14.0. The van der Waals surface area contributed by atoms with Gasteiger partial charge in [-0.3, -0.25) is 4.99 Å². The van der Waals surface area contributed by atoms with Gasteiger partial charge in [-0.15, -0.1) is 24.0 Å². The Morgan fingerprint density at radius 3 is 2.38 bits per heavy atom. The Hall–Kier alpha value is -0.0800. The molecule has 0 aromatic rings. The molecule has 5 nitrogen and oxygen atoms in total. The van der Waals surface area contributed by atoms with Crippen molar-refractivity contribution in [3.63, 3.8) is 0 Å². The van der Waals surface area contributed by atoms with E-state index < -0.39 is 0 Å². The summed E-state index contributed by atoms with van der Waals surface area (Å²) in [5, 5.41) is 6.85. The van der Waals surface area contributed by atoms with Crippen LogP contribution < -0.4 is 10.6 Å². The van der Waals surface area contributed by atoms with Gasteiger partial charge in [0.15, 0.2) is 5.96 Å². The average Bonchev–Trinajstić information content (AvgIpc) is 2.73. The van der Waals surface area contributed by atoms with Crippen molar-refractivity contribution >= 4 is 29.9 Å². The van der Waals surface area contributed by atoms with Gasteiger partial charge in [-0.25, -0.2) is 0 Å². The highest BCUT2D eigenvalue weighted by Crippen LogP contribution is 2.05. The first-order valence-corrected chi connectivity index (χ1v) is 9.47. The van der Waals surface area contributed by atoms with Crippen LogP contribution in [-0.2, 0) is 0 Å². The Balaban J connectivity index is 0.00000529. The van der Waals surface area contributed by atoms with E-state index in [0.717, 1.165) is 25.0 Å². The van der Waals surface area contributed by atoms with Crippen molar-refractivity contribution in [1.82, 2.24) is 20.4 Å². The van der Waals surface area contributed by atoms with Crippen molar-refractivity contribution in [3.05, 3.63) is 0 Å². The lowest BCUT2D eigenvalue weighted by Gasteiger charge is -2.20. The third-order valence-electron chi connectivity index (χ3n) is 4.48. The first-order valence-electron chi connectivity index (χ1n) is 9.47. The van der Waals surface area contributed by atoms with Gasteiger partial charge < -0.3 is 20.4 Å². The van der Waals surface area contributed by atoms with E-state index >= 15 is 0 Å². The van der Waals surface area contributed by atoms with Gasteiger partial charge in [-0.1, -0.05) is 26.7 Å². The molecule has 2 N–H and O–H groups in total. The smallest absolute Gasteiger partial charge is 0.190 e. The van der Waals surface area contributed by atoms with E-state index in [1.165, 1.54) is 64.8 Å². The predicted octanol–water partition coefficient (Wildman–Crippen LogP) is 2.62. The molecule has 1 rings (SSSR count). The maximum absolute atomic E-state index is 4.30. The molecule has 0 radical (unpaired) electrons. The number of aliphatic imine (C=N–C) groups is 1. The minimum atomic E-state index is 0. The summed E-state index contributed by atoms with van der Waals surface area (Å²) < 4.78 is 0. The lowest BCUT2D eigenvalue weighted by Crippen LogP contribution is -2.39. The molecule has 6 heteroatoms. The molecule has 1 aliphatic rings. The molecular weight excluding hydrogens is 413 g/mol. The zero-order chi connectivity index (χ0) is 16.9. The number of hydrogen-bond donors (Lipinski definition) is 2. The molecule has 0 saturated carbocycles. The summed E-state index contributed by atoms with van der Waals surface area (Å²) >= 11 is 0. The molecular formula is C18H40IN5. The van der Waals surface area contributed by atoms with Crippen LogP contribution >= 0.6 is 24.0 Å². The third kappa shape index (κ3) is 12.3. The van der Waals surface area contributed by atoms with Gasteiger partial charge in [0.2, 0.25) is 0 Å². The van der Waals surface area contributed by atoms with Gasteiger partial charge in [-0.2, -0.15) is 0 Å². The van der Waals surface area contributed by atoms with Crippen LogP contribution in [0.15, 0.2) is 4.99 Å². The number of unbranched alkanes of at least 4 members (excludes halogenated alkanes) is 1.